The predicted octanol–water partition coefficient (Wildman–Crippen LogP) is 4.27. The summed E-state index contributed by atoms with van der Waals surface area (Å²) < 4.78 is 40.5. The van der Waals surface area contributed by atoms with Gasteiger partial charge in [0.05, 0.1) is 21.2 Å². The van der Waals surface area contributed by atoms with Crippen molar-refractivity contribution in [2.45, 2.75) is 4.90 Å². The predicted molar refractivity (Wildman–Crippen MR) is 128 cm³/mol. The summed E-state index contributed by atoms with van der Waals surface area (Å²) in [4.78, 5) is 17.0. The third-order valence-electron chi connectivity index (χ3n) is 5.71. The van der Waals surface area contributed by atoms with Gasteiger partial charge in [0, 0.05) is 38.9 Å². The van der Waals surface area contributed by atoms with Gasteiger partial charge in [0.1, 0.15) is 5.82 Å². The van der Waals surface area contributed by atoms with Crippen molar-refractivity contribution in [3.05, 3.63) is 89.2 Å². The molecule has 0 atom stereocenters. The molecule has 1 fully saturated rings. The first-order valence-corrected chi connectivity index (χ1v) is 12.2. The summed E-state index contributed by atoms with van der Waals surface area (Å²) in [5.74, 6) is -0.773. The highest BCUT2D eigenvalue weighted by molar-refractivity contribution is 7.92. The van der Waals surface area contributed by atoms with Crippen molar-refractivity contribution in [3.63, 3.8) is 0 Å². The van der Waals surface area contributed by atoms with Gasteiger partial charge >= 0.3 is 0 Å². The summed E-state index contributed by atoms with van der Waals surface area (Å²) in [6, 6.07) is 19.2. The van der Waals surface area contributed by atoms with Crippen molar-refractivity contribution in [1.29, 1.82) is 0 Å². The molecule has 1 aliphatic heterocycles. The summed E-state index contributed by atoms with van der Waals surface area (Å²) in [7, 11) is -2.60. The fourth-order valence-corrected chi connectivity index (χ4v) is 5.17. The number of carbonyl (C=O) groups is 1. The molecule has 0 unspecified atom stereocenters. The lowest BCUT2D eigenvalue weighted by Gasteiger charge is -2.36. The van der Waals surface area contributed by atoms with Gasteiger partial charge in [-0.2, -0.15) is 0 Å². The minimum absolute atomic E-state index is 0.0648. The second-order valence-corrected chi connectivity index (χ2v) is 10.1. The minimum Gasteiger partial charge on any atom is -0.368 e. The molecule has 9 heteroatoms. The van der Waals surface area contributed by atoms with E-state index < -0.39 is 15.8 Å². The Morgan fingerprint density at radius 2 is 1.58 bits per heavy atom. The van der Waals surface area contributed by atoms with Crippen molar-refractivity contribution in [2.24, 2.45) is 0 Å². The lowest BCUT2D eigenvalue weighted by molar-refractivity contribution is 0.0746. The number of piperazine rings is 1. The Bertz CT molecular complexity index is 1250. The molecule has 6 nitrogen and oxygen atoms in total. The molecule has 172 valence electrons. The Hall–Kier alpha value is -3.10. The molecular formula is C24H23ClFN3O3S. The summed E-state index contributed by atoms with van der Waals surface area (Å²) in [6.07, 6.45) is 0. The van der Waals surface area contributed by atoms with Crippen LogP contribution in [0.1, 0.15) is 10.4 Å². The second-order valence-electron chi connectivity index (χ2n) is 7.71. The standard InChI is InChI=1S/C24H23ClFN3O3S/c1-27(19-9-7-18(26)8-10-19)33(31,32)21-11-12-23(25)22(17-21)24(30)29-15-13-28(14-16-29)20-5-3-2-4-6-20/h2-12,17H,13-16H2,1H3. The molecule has 3 aromatic rings. The molecule has 0 bridgehead atoms. The van der Waals surface area contributed by atoms with Crippen molar-refractivity contribution < 1.29 is 17.6 Å². The molecule has 0 aliphatic carbocycles. The van der Waals surface area contributed by atoms with Crippen LogP contribution in [0, 0.1) is 5.82 Å². The molecule has 1 aliphatic rings. The SMILES string of the molecule is CN(c1ccc(F)cc1)S(=O)(=O)c1ccc(Cl)c(C(=O)N2CCN(c3ccccc3)CC2)c1. The van der Waals surface area contributed by atoms with Gasteiger partial charge < -0.3 is 9.80 Å². The third-order valence-corrected chi connectivity index (χ3v) is 7.82. The molecule has 0 radical (unpaired) electrons. The quantitative estimate of drug-likeness (QED) is 0.539. The second kappa shape index (κ2) is 9.41. The van der Waals surface area contributed by atoms with Crippen LogP contribution in [-0.2, 0) is 10.0 Å². The van der Waals surface area contributed by atoms with E-state index >= 15 is 0 Å². The number of rotatable bonds is 5. The van der Waals surface area contributed by atoms with E-state index in [1.807, 2.05) is 30.3 Å². The number of carbonyl (C=O) groups excluding carboxylic acids is 1. The van der Waals surface area contributed by atoms with E-state index in [0.717, 1.165) is 9.99 Å². The highest BCUT2D eigenvalue weighted by atomic mass is 35.5. The lowest BCUT2D eigenvalue weighted by atomic mass is 10.1. The van der Waals surface area contributed by atoms with E-state index in [1.54, 1.807) is 4.90 Å². The first kappa shape index (κ1) is 23.1. The van der Waals surface area contributed by atoms with Gasteiger partial charge in [0.25, 0.3) is 15.9 Å². The lowest BCUT2D eigenvalue weighted by Crippen LogP contribution is -2.48. The van der Waals surface area contributed by atoms with E-state index in [2.05, 4.69) is 4.90 Å². The maximum Gasteiger partial charge on any atom is 0.264 e. The van der Waals surface area contributed by atoms with Crippen LogP contribution in [0.5, 0.6) is 0 Å². The first-order chi connectivity index (χ1) is 15.8. The zero-order chi connectivity index (χ0) is 23.6. The van der Waals surface area contributed by atoms with Crippen LogP contribution in [-0.4, -0.2) is 52.5 Å². The number of sulfonamides is 1. The molecule has 1 heterocycles. The first-order valence-electron chi connectivity index (χ1n) is 10.4. The van der Waals surface area contributed by atoms with Gasteiger partial charge in [-0.15, -0.1) is 0 Å². The Balaban J connectivity index is 1.53. The largest absolute Gasteiger partial charge is 0.368 e. The Morgan fingerprint density at radius 1 is 0.939 bits per heavy atom. The Kier molecular flexibility index (Phi) is 6.58. The van der Waals surface area contributed by atoms with E-state index in [4.69, 9.17) is 11.6 Å². The van der Waals surface area contributed by atoms with Crippen LogP contribution in [0.3, 0.4) is 0 Å². The Morgan fingerprint density at radius 3 is 2.21 bits per heavy atom. The van der Waals surface area contributed by atoms with E-state index in [0.29, 0.717) is 31.9 Å². The van der Waals surface area contributed by atoms with E-state index in [-0.39, 0.29) is 21.4 Å². The molecule has 1 amide bonds. The highest BCUT2D eigenvalue weighted by Crippen LogP contribution is 2.27. The van der Waals surface area contributed by atoms with Crippen molar-refractivity contribution in [3.8, 4) is 0 Å². The maximum absolute atomic E-state index is 13.2. The molecule has 1 saturated heterocycles. The minimum atomic E-state index is -3.98. The molecule has 0 aromatic heterocycles. The van der Waals surface area contributed by atoms with Gasteiger partial charge in [0.2, 0.25) is 0 Å². The summed E-state index contributed by atoms with van der Waals surface area (Å²) >= 11 is 6.29. The number of para-hydroxylation sites is 1. The van der Waals surface area contributed by atoms with Gasteiger partial charge in [-0.25, -0.2) is 12.8 Å². The highest BCUT2D eigenvalue weighted by Gasteiger charge is 2.27. The molecule has 0 N–H and O–H groups in total. The van der Waals surface area contributed by atoms with E-state index in [9.17, 15) is 17.6 Å². The van der Waals surface area contributed by atoms with Crippen LogP contribution < -0.4 is 9.21 Å². The van der Waals surface area contributed by atoms with Gasteiger partial charge in [-0.05, 0) is 54.6 Å². The fourth-order valence-electron chi connectivity index (χ4n) is 3.75. The third kappa shape index (κ3) is 4.82. The van der Waals surface area contributed by atoms with Gasteiger partial charge in [-0.3, -0.25) is 9.10 Å². The molecular weight excluding hydrogens is 465 g/mol. The Labute approximate surface area is 197 Å². The number of nitrogens with zero attached hydrogens (tertiary/aromatic N) is 3. The summed E-state index contributed by atoms with van der Waals surface area (Å²) in [5, 5.41) is 0.189. The average molecular weight is 488 g/mol. The van der Waals surface area contributed by atoms with Crippen LogP contribution in [0.4, 0.5) is 15.8 Å². The summed E-state index contributed by atoms with van der Waals surface area (Å²) in [5.41, 5.74) is 1.54. The normalized spacial score (nSPS) is 14.3. The number of amides is 1. The van der Waals surface area contributed by atoms with Crippen LogP contribution in [0.25, 0.3) is 0 Å². The number of benzene rings is 3. The molecule has 0 spiro atoms. The number of hydrogen-bond donors (Lipinski definition) is 0. The average Bonchev–Trinajstić information content (AvgIpc) is 2.84. The van der Waals surface area contributed by atoms with Gasteiger partial charge in [0.15, 0.2) is 0 Å². The van der Waals surface area contributed by atoms with E-state index in [1.165, 1.54) is 49.5 Å². The summed E-state index contributed by atoms with van der Waals surface area (Å²) in [6.45, 7) is 2.32. The van der Waals surface area contributed by atoms with Crippen LogP contribution in [0.15, 0.2) is 77.7 Å². The smallest absolute Gasteiger partial charge is 0.264 e. The van der Waals surface area contributed by atoms with Gasteiger partial charge in [-0.1, -0.05) is 29.8 Å². The molecule has 4 rings (SSSR count). The van der Waals surface area contributed by atoms with Crippen molar-refractivity contribution >= 4 is 38.9 Å². The number of hydrogen-bond acceptors (Lipinski definition) is 4. The number of halogens is 2. The van der Waals surface area contributed by atoms with Crippen LogP contribution in [0.2, 0.25) is 5.02 Å². The zero-order valence-electron chi connectivity index (χ0n) is 18.0. The zero-order valence-corrected chi connectivity index (χ0v) is 19.6. The van der Waals surface area contributed by atoms with Crippen LogP contribution >= 0.6 is 11.6 Å². The molecule has 33 heavy (non-hydrogen) atoms. The molecule has 3 aromatic carbocycles. The monoisotopic (exact) mass is 487 g/mol. The van der Waals surface area contributed by atoms with Crippen molar-refractivity contribution in [1.82, 2.24) is 4.90 Å². The van der Waals surface area contributed by atoms with Crippen molar-refractivity contribution in [2.75, 3.05) is 42.4 Å². The number of anilines is 2. The molecule has 0 saturated carbocycles. The fraction of sp³-hybridized carbons (Fsp3) is 0.208. The maximum atomic E-state index is 13.2. The topological polar surface area (TPSA) is 60.9 Å².